The van der Waals surface area contributed by atoms with Crippen molar-refractivity contribution < 1.29 is 9.53 Å². The molecule has 104 valence electrons. The maximum Gasteiger partial charge on any atom is 0.256 e. The zero-order valence-electron chi connectivity index (χ0n) is 11.3. The van der Waals surface area contributed by atoms with Crippen molar-refractivity contribution >= 4 is 11.9 Å². The van der Waals surface area contributed by atoms with E-state index in [9.17, 15) is 4.79 Å². The molecule has 1 N–H and O–H groups in total. The molecule has 0 spiro atoms. The molecule has 0 aromatic carbocycles. The average molecular weight is 264 g/mol. The van der Waals surface area contributed by atoms with Crippen molar-refractivity contribution in [1.29, 1.82) is 0 Å². The minimum absolute atomic E-state index is 0.0310. The predicted octanol–water partition coefficient (Wildman–Crippen LogP) is 1.16. The highest BCUT2D eigenvalue weighted by molar-refractivity contribution is 5.93. The Balaban J connectivity index is 1.85. The molecule has 2 rings (SSSR count). The van der Waals surface area contributed by atoms with E-state index in [-0.39, 0.29) is 5.91 Å². The fraction of sp³-hybridized carbons (Fsp3) is 0.615. The van der Waals surface area contributed by atoms with Crippen LogP contribution in [0.4, 0.5) is 5.95 Å². The highest BCUT2D eigenvalue weighted by Crippen LogP contribution is 2.12. The molecular formula is C13H20N4O2. The van der Waals surface area contributed by atoms with Crippen molar-refractivity contribution in [3.63, 3.8) is 0 Å². The Morgan fingerprint density at radius 2 is 2.05 bits per heavy atom. The SMILES string of the molecule is COCCCNc1ncc(C(=O)N2CCCC2)cn1. The number of hydrogen-bond donors (Lipinski definition) is 1. The predicted molar refractivity (Wildman–Crippen MR) is 72.2 cm³/mol. The molecule has 1 aromatic rings. The average Bonchev–Trinajstić information content (AvgIpc) is 2.98. The molecule has 0 bridgehead atoms. The first-order valence-electron chi connectivity index (χ1n) is 6.65. The van der Waals surface area contributed by atoms with Crippen LogP contribution in [0, 0.1) is 0 Å². The van der Waals surface area contributed by atoms with Gasteiger partial charge in [-0.15, -0.1) is 0 Å². The van der Waals surface area contributed by atoms with Gasteiger partial charge in [0.25, 0.3) is 5.91 Å². The minimum atomic E-state index is 0.0310. The highest BCUT2D eigenvalue weighted by atomic mass is 16.5. The van der Waals surface area contributed by atoms with Gasteiger partial charge in [-0.1, -0.05) is 0 Å². The molecule has 6 nitrogen and oxygen atoms in total. The van der Waals surface area contributed by atoms with Gasteiger partial charge in [0.15, 0.2) is 0 Å². The number of carbonyl (C=O) groups is 1. The van der Waals surface area contributed by atoms with Gasteiger partial charge in [0, 0.05) is 45.7 Å². The second kappa shape index (κ2) is 7.04. The van der Waals surface area contributed by atoms with E-state index in [2.05, 4.69) is 15.3 Å². The maximum atomic E-state index is 12.1. The van der Waals surface area contributed by atoms with Crippen LogP contribution in [0.2, 0.25) is 0 Å². The molecule has 0 radical (unpaired) electrons. The fourth-order valence-electron chi connectivity index (χ4n) is 2.05. The van der Waals surface area contributed by atoms with Crippen LogP contribution in [0.3, 0.4) is 0 Å². The van der Waals surface area contributed by atoms with Crippen molar-refractivity contribution in [2.24, 2.45) is 0 Å². The van der Waals surface area contributed by atoms with Crippen LogP contribution in [0.1, 0.15) is 29.6 Å². The maximum absolute atomic E-state index is 12.1. The van der Waals surface area contributed by atoms with E-state index in [1.54, 1.807) is 19.5 Å². The number of nitrogens with one attached hydrogen (secondary N) is 1. The van der Waals surface area contributed by atoms with E-state index in [0.29, 0.717) is 18.1 Å². The first-order valence-corrected chi connectivity index (χ1v) is 6.65. The third kappa shape index (κ3) is 3.89. The lowest BCUT2D eigenvalue weighted by molar-refractivity contribution is 0.0792. The molecule has 0 aliphatic carbocycles. The third-order valence-electron chi connectivity index (χ3n) is 3.10. The molecule has 0 saturated carbocycles. The number of hydrogen-bond acceptors (Lipinski definition) is 5. The van der Waals surface area contributed by atoms with Crippen LogP contribution < -0.4 is 5.32 Å². The fourth-order valence-corrected chi connectivity index (χ4v) is 2.05. The standard InChI is InChI=1S/C13H20N4O2/c1-19-8-4-5-14-13-15-9-11(10-16-13)12(18)17-6-2-3-7-17/h9-10H,2-8H2,1H3,(H,14,15,16). The van der Waals surface area contributed by atoms with Crippen LogP contribution >= 0.6 is 0 Å². The normalized spacial score (nSPS) is 14.7. The first kappa shape index (κ1) is 13.7. The lowest BCUT2D eigenvalue weighted by atomic mass is 10.3. The Morgan fingerprint density at radius 1 is 1.37 bits per heavy atom. The molecule has 0 unspecified atom stereocenters. The number of nitrogens with zero attached hydrogens (tertiary/aromatic N) is 3. The van der Waals surface area contributed by atoms with E-state index in [0.717, 1.165) is 38.9 Å². The van der Waals surface area contributed by atoms with Gasteiger partial charge in [0.2, 0.25) is 5.95 Å². The summed E-state index contributed by atoms with van der Waals surface area (Å²) < 4.78 is 4.96. The molecule has 1 saturated heterocycles. The summed E-state index contributed by atoms with van der Waals surface area (Å²) in [5.74, 6) is 0.581. The van der Waals surface area contributed by atoms with E-state index < -0.39 is 0 Å². The molecule has 2 heterocycles. The number of rotatable bonds is 6. The lowest BCUT2D eigenvalue weighted by Gasteiger charge is -2.14. The van der Waals surface area contributed by atoms with Gasteiger partial charge >= 0.3 is 0 Å². The van der Waals surface area contributed by atoms with Crippen molar-refractivity contribution in [2.75, 3.05) is 38.7 Å². The van der Waals surface area contributed by atoms with Crippen LogP contribution in [0.15, 0.2) is 12.4 Å². The molecule has 1 fully saturated rings. The number of anilines is 1. The van der Waals surface area contributed by atoms with Crippen LogP contribution in [0.25, 0.3) is 0 Å². The van der Waals surface area contributed by atoms with Crippen molar-refractivity contribution in [3.8, 4) is 0 Å². The number of aromatic nitrogens is 2. The summed E-state index contributed by atoms with van der Waals surface area (Å²) in [5.41, 5.74) is 0.560. The Hall–Kier alpha value is -1.69. The van der Waals surface area contributed by atoms with Crippen molar-refractivity contribution in [3.05, 3.63) is 18.0 Å². The summed E-state index contributed by atoms with van der Waals surface area (Å²) in [6, 6.07) is 0. The molecule has 19 heavy (non-hydrogen) atoms. The second-order valence-corrected chi connectivity index (χ2v) is 4.57. The van der Waals surface area contributed by atoms with Crippen molar-refractivity contribution in [1.82, 2.24) is 14.9 Å². The topological polar surface area (TPSA) is 67.3 Å². The van der Waals surface area contributed by atoms with Gasteiger partial charge in [-0.05, 0) is 19.3 Å². The Labute approximate surface area is 113 Å². The zero-order chi connectivity index (χ0) is 13.5. The largest absolute Gasteiger partial charge is 0.385 e. The van der Waals surface area contributed by atoms with Gasteiger partial charge in [-0.25, -0.2) is 9.97 Å². The molecule has 1 aromatic heterocycles. The number of likely N-dealkylation sites (tertiary alicyclic amines) is 1. The summed E-state index contributed by atoms with van der Waals surface area (Å²) >= 11 is 0. The van der Waals surface area contributed by atoms with E-state index >= 15 is 0 Å². The van der Waals surface area contributed by atoms with Crippen LogP contribution in [-0.4, -0.2) is 54.1 Å². The smallest absolute Gasteiger partial charge is 0.256 e. The van der Waals surface area contributed by atoms with Gasteiger partial charge in [-0.2, -0.15) is 0 Å². The Morgan fingerprint density at radius 3 is 2.68 bits per heavy atom. The Kier molecular flexibility index (Phi) is 5.09. The second-order valence-electron chi connectivity index (χ2n) is 4.57. The molecular weight excluding hydrogens is 244 g/mol. The lowest BCUT2D eigenvalue weighted by Crippen LogP contribution is -2.27. The summed E-state index contributed by atoms with van der Waals surface area (Å²) in [5, 5.41) is 3.09. The third-order valence-corrected chi connectivity index (χ3v) is 3.10. The monoisotopic (exact) mass is 264 g/mol. The van der Waals surface area contributed by atoms with Gasteiger partial charge in [0.1, 0.15) is 0 Å². The van der Waals surface area contributed by atoms with Crippen molar-refractivity contribution in [2.45, 2.75) is 19.3 Å². The number of ether oxygens (including phenoxy) is 1. The van der Waals surface area contributed by atoms with Gasteiger partial charge < -0.3 is 15.0 Å². The highest BCUT2D eigenvalue weighted by Gasteiger charge is 2.19. The molecule has 1 aliphatic heterocycles. The van der Waals surface area contributed by atoms with E-state index in [1.807, 2.05) is 4.90 Å². The summed E-state index contributed by atoms with van der Waals surface area (Å²) in [6.45, 7) is 3.15. The first-order chi connectivity index (χ1) is 9.31. The quantitative estimate of drug-likeness (QED) is 0.781. The van der Waals surface area contributed by atoms with Gasteiger partial charge in [0.05, 0.1) is 5.56 Å². The molecule has 0 atom stereocenters. The molecule has 1 amide bonds. The Bertz CT molecular complexity index is 402. The van der Waals surface area contributed by atoms with Crippen LogP contribution in [0.5, 0.6) is 0 Å². The number of carbonyl (C=O) groups excluding carboxylic acids is 1. The molecule has 1 aliphatic rings. The minimum Gasteiger partial charge on any atom is -0.385 e. The van der Waals surface area contributed by atoms with E-state index in [1.165, 1.54) is 0 Å². The zero-order valence-corrected chi connectivity index (χ0v) is 11.3. The number of methoxy groups -OCH3 is 1. The van der Waals surface area contributed by atoms with Crippen LogP contribution in [-0.2, 0) is 4.74 Å². The van der Waals surface area contributed by atoms with Gasteiger partial charge in [-0.3, -0.25) is 4.79 Å². The summed E-state index contributed by atoms with van der Waals surface area (Å²) in [4.78, 5) is 22.2. The summed E-state index contributed by atoms with van der Waals surface area (Å²) in [7, 11) is 1.68. The molecule has 6 heteroatoms. The number of amides is 1. The summed E-state index contributed by atoms with van der Waals surface area (Å²) in [6.07, 6.45) is 6.25. The van der Waals surface area contributed by atoms with E-state index in [4.69, 9.17) is 4.74 Å².